The first-order chi connectivity index (χ1) is 13.4. The molecular formula is C22H19IN2O2. The van der Waals surface area contributed by atoms with Crippen LogP contribution in [0.2, 0.25) is 0 Å². The van der Waals surface area contributed by atoms with E-state index in [1.165, 1.54) is 16.5 Å². The predicted molar refractivity (Wildman–Crippen MR) is 117 cm³/mol. The van der Waals surface area contributed by atoms with E-state index in [0.717, 1.165) is 28.9 Å². The van der Waals surface area contributed by atoms with Gasteiger partial charge in [-0.15, -0.1) is 0 Å². The molecule has 0 amide bonds. The van der Waals surface area contributed by atoms with Crippen molar-refractivity contribution in [3.8, 4) is 11.5 Å². The van der Waals surface area contributed by atoms with Crippen LogP contribution >= 0.6 is 22.9 Å². The Morgan fingerprint density at radius 3 is 2.74 bits per heavy atom. The summed E-state index contributed by atoms with van der Waals surface area (Å²) in [6.45, 7) is 2.06. The third-order valence-electron chi connectivity index (χ3n) is 5.12. The molecule has 136 valence electrons. The van der Waals surface area contributed by atoms with Gasteiger partial charge in [0, 0.05) is 40.2 Å². The highest BCUT2D eigenvalue weighted by Crippen LogP contribution is 2.44. The molecule has 1 aliphatic rings. The van der Waals surface area contributed by atoms with Crippen molar-refractivity contribution < 1.29 is 9.47 Å². The smallest absolute Gasteiger partial charge is 0.143 e. The van der Waals surface area contributed by atoms with E-state index in [0.29, 0.717) is 13.2 Å². The molecule has 5 rings (SSSR count). The Balaban J connectivity index is 1.77. The Morgan fingerprint density at radius 2 is 1.89 bits per heavy atom. The quantitative estimate of drug-likeness (QED) is 0.251. The monoisotopic (exact) mass is 470 g/mol. The molecule has 4 nitrogen and oxygen atoms in total. The first-order valence-corrected chi connectivity index (χ1v) is 10.2. The van der Waals surface area contributed by atoms with Gasteiger partial charge < -0.3 is 14.0 Å². The molecule has 2 heterocycles. The lowest BCUT2D eigenvalue weighted by Gasteiger charge is -2.27. The maximum absolute atomic E-state index is 6.16. The first kappa shape index (κ1) is 16.9. The second-order valence-electron chi connectivity index (χ2n) is 6.64. The average Bonchev–Trinajstić information content (AvgIpc) is 3.07. The molecule has 0 spiro atoms. The molecule has 3 aromatic carbocycles. The lowest BCUT2D eigenvalue weighted by molar-refractivity contribution is 0.262. The van der Waals surface area contributed by atoms with Gasteiger partial charge in [-0.3, -0.25) is 3.53 Å². The van der Waals surface area contributed by atoms with E-state index in [2.05, 4.69) is 97.7 Å². The number of ether oxygens (including phenoxy) is 2. The second-order valence-corrected chi connectivity index (χ2v) is 7.40. The topological polar surface area (TPSA) is 35.4 Å². The van der Waals surface area contributed by atoms with E-state index in [4.69, 9.17) is 9.47 Å². The fourth-order valence-electron chi connectivity index (χ4n) is 4.01. The maximum atomic E-state index is 6.16. The van der Waals surface area contributed by atoms with Crippen molar-refractivity contribution in [3.63, 3.8) is 0 Å². The standard InChI is InChI=1S/C22H19IN2O2/c23-24-12-13-26-19-10-5-9-17-21(19)16-8-4-11-20-22(16)25(17)18(14-27-20)15-6-2-1-3-7-15/h1-11,18,24H,12-14H2/t18-/m0/s1. The number of hydrogen-bond donors (Lipinski definition) is 1. The van der Waals surface area contributed by atoms with Crippen LogP contribution in [-0.4, -0.2) is 24.3 Å². The van der Waals surface area contributed by atoms with E-state index in [9.17, 15) is 0 Å². The van der Waals surface area contributed by atoms with Crippen LogP contribution < -0.4 is 13.0 Å². The molecule has 0 saturated carbocycles. The fourth-order valence-corrected chi connectivity index (χ4v) is 4.23. The van der Waals surface area contributed by atoms with Crippen LogP contribution in [0.15, 0.2) is 66.7 Å². The average molecular weight is 470 g/mol. The molecule has 0 fully saturated rings. The van der Waals surface area contributed by atoms with Gasteiger partial charge in [-0.2, -0.15) is 0 Å². The molecule has 1 N–H and O–H groups in total. The molecule has 5 heteroatoms. The summed E-state index contributed by atoms with van der Waals surface area (Å²) in [5, 5.41) is 2.34. The number of nitrogens with zero attached hydrogens (tertiary/aromatic N) is 1. The minimum atomic E-state index is 0.146. The van der Waals surface area contributed by atoms with Gasteiger partial charge in [0.15, 0.2) is 0 Å². The molecule has 0 unspecified atom stereocenters. The number of para-hydroxylation sites is 1. The van der Waals surface area contributed by atoms with Crippen LogP contribution in [0.5, 0.6) is 11.5 Å². The summed E-state index contributed by atoms with van der Waals surface area (Å²) >= 11 is 2.14. The summed E-state index contributed by atoms with van der Waals surface area (Å²) in [6.07, 6.45) is 0. The maximum Gasteiger partial charge on any atom is 0.143 e. The second kappa shape index (κ2) is 7.05. The van der Waals surface area contributed by atoms with Crippen LogP contribution in [0, 0.1) is 0 Å². The number of hydrogen-bond acceptors (Lipinski definition) is 3. The van der Waals surface area contributed by atoms with E-state index in [1.807, 2.05) is 0 Å². The molecule has 0 bridgehead atoms. The summed E-state index contributed by atoms with van der Waals surface area (Å²) in [6, 6.07) is 23.3. The Bertz CT molecular complexity index is 1110. The van der Waals surface area contributed by atoms with Crippen molar-refractivity contribution in [2.45, 2.75) is 6.04 Å². The van der Waals surface area contributed by atoms with Crippen LogP contribution in [0.25, 0.3) is 21.8 Å². The minimum absolute atomic E-state index is 0.146. The van der Waals surface area contributed by atoms with Gasteiger partial charge in [-0.1, -0.05) is 48.5 Å². The molecule has 1 aliphatic heterocycles. The number of nitrogens with one attached hydrogen (secondary N) is 1. The van der Waals surface area contributed by atoms with Crippen LogP contribution in [0.4, 0.5) is 0 Å². The van der Waals surface area contributed by atoms with Crippen molar-refractivity contribution in [3.05, 3.63) is 72.3 Å². The number of fused-ring (bicyclic) bond motifs is 3. The van der Waals surface area contributed by atoms with E-state index < -0.39 is 0 Å². The summed E-state index contributed by atoms with van der Waals surface area (Å²) in [5.41, 5.74) is 3.59. The number of aromatic nitrogens is 1. The normalized spacial score (nSPS) is 15.8. The molecule has 4 aromatic rings. The minimum Gasteiger partial charge on any atom is -0.492 e. The molecule has 27 heavy (non-hydrogen) atoms. The Hall–Kier alpha value is -2.25. The number of benzene rings is 3. The van der Waals surface area contributed by atoms with Crippen molar-refractivity contribution in [2.24, 2.45) is 0 Å². The van der Waals surface area contributed by atoms with Crippen molar-refractivity contribution >= 4 is 44.7 Å². The summed E-state index contributed by atoms with van der Waals surface area (Å²) in [5.74, 6) is 1.87. The number of rotatable bonds is 5. The van der Waals surface area contributed by atoms with Gasteiger partial charge in [0.1, 0.15) is 24.7 Å². The lowest BCUT2D eigenvalue weighted by atomic mass is 10.1. The summed E-state index contributed by atoms with van der Waals surface area (Å²) in [4.78, 5) is 0. The van der Waals surface area contributed by atoms with Crippen molar-refractivity contribution in [2.75, 3.05) is 19.8 Å². The zero-order chi connectivity index (χ0) is 18.2. The van der Waals surface area contributed by atoms with E-state index in [1.54, 1.807) is 0 Å². The Kier molecular flexibility index (Phi) is 4.41. The lowest BCUT2D eigenvalue weighted by Crippen LogP contribution is -2.22. The van der Waals surface area contributed by atoms with Crippen LogP contribution in [0.1, 0.15) is 11.6 Å². The fraction of sp³-hybridized carbons (Fsp3) is 0.182. The Morgan fingerprint density at radius 1 is 1.04 bits per heavy atom. The van der Waals surface area contributed by atoms with Gasteiger partial charge in [0.25, 0.3) is 0 Å². The van der Waals surface area contributed by atoms with E-state index in [-0.39, 0.29) is 6.04 Å². The largest absolute Gasteiger partial charge is 0.492 e. The third-order valence-corrected chi connectivity index (χ3v) is 5.66. The third kappa shape index (κ3) is 2.76. The van der Waals surface area contributed by atoms with Gasteiger partial charge in [0.05, 0.1) is 17.1 Å². The van der Waals surface area contributed by atoms with Crippen molar-refractivity contribution in [1.82, 2.24) is 8.10 Å². The van der Waals surface area contributed by atoms with Gasteiger partial charge in [0.2, 0.25) is 0 Å². The van der Waals surface area contributed by atoms with E-state index >= 15 is 0 Å². The molecule has 0 radical (unpaired) electrons. The Labute approximate surface area is 171 Å². The van der Waals surface area contributed by atoms with Gasteiger partial charge >= 0.3 is 0 Å². The highest BCUT2D eigenvalue weighted by atomic mass is 127. The molecule has 1 aromatic heterocycles. The highest BCUT2D eigenvalue weighted by molar-refractivity contribution is 14.1. The zero-order valence-corrected chi connectivity index (χ0v) is 16.8. The zero-order valence-electron chi connectivity index (χ0n) is 14.7. The number of halogens is 1. The van der Waals surface area contributed by atoms with Gasteiger partial charge in [-0.25, -0.2) is 0 Å². The van der Waals surface area contributed by atoms with Gasteiger partial charge in [-0.05, 0) is 23.8 Å². The molecular weight excluding hydrogens is 451 g/mol. The predicted octanol–water partition coefficient (Wildman–Crippen LogP) is 5.09. The molecule has 0 saturated heterocycles. The van der Waals surface area contributed by atoms with Crippen LogP contribution in [-0.2, 0) is 0 Å². The summed E-state index contributed by atoms with van der Waals surface area (Å²) < 4.78 is 17.8. The first-order valence-electron chi connectivity index (χ1n) is 9.08. The van der Waals surface area contributed by atoms with Crippen LogP contribution in [0.3, 0.4) is 0 Å². The highest BCUT2D eigenvalue weighted by Gasteiger charge is 2.28. The SMILES string of the molecule is INCCOc1cccc2c1c1cccc3c1n2[C@H](c1ccccc1)CO3. The molecule has 0 aliphatic carbocycles. The van der Waals surface area contributed by atoms with Crippen molar-refractivity contribution in [1.29, 1.82) is 0 Å². The molecule has 1 atom stereocenters. The summed E-state index contributed by atoms with van der Waals surface area (Å²) in [7, 11) is 0.